The Balaban J connectivity index is 1.43. The average Bonchev–Trinajstić information content (AvgIpc) is 3.43. The smallest absolute Gasteiger partial charge is 0.204 e. The first-order valence-corrected chi connectivity index (χ1v) is 9.17. The van der Waals surface area contributed by atoms with Gasteiger partial charge in [0.25, 0.3) is 0 Å². The van der Waals surface area contributed by atoms with E-state index in [1.54, 1.807) is 0 Å². The quantitative estimate of drug-likeness (QED) is 0.488. The highest BCUT2D eigenvalue weighted by Gasteiger charge is 2.13. The van der Waals surface area contributed by atoms with Crippen LogP contribution in [0.5, 0.6) is 0 Å². The van der Waals surface area contributed by atoms with E-state index in [1.165, 1.54) is 5.56 Å². The average molecular weight is 366 g/mol. The van der Waals surface area contributed by atoms with E-state index < -0.39 is 0 Å². The summed E-state index contributed by atoms with van der Waals surface area (Å²) in [4.78, 5) is 8.16. The Morgan fingerprint density at radius 3 is 2.43 bits per heavy atom. The topological polar surface area (TPSA) is 83.1 Å². The second-order valence-electron chi connectivity index (χ2n) is 6.80. The predicted octanol–water partition coefficient (Wildman–Crippen LogP) is 4.56. The number of aromatic amines is 2. The van der Waals surface area contributed by atoms with Gasteiger partial charge in [0.15, 0.2) is 0 Å². The van der Waals surface area contributed by atoms with Crippen LogP contribution >= 0.6 is 0 Å². The maximum Gasteiger partial charge on any atom is 0.204 e. The fraction of sp³-hybridized carbons (Fsp3) is 0.0909. The lowest BCUT2D eigenvalue weighted by atomic mass is 9.96. The molecule has 0 saturated heterocycles. The van der Waals surface area contributed by atoms with Crippen LogP contribution in [0.2, 0.25) is 0 Å². The van der Waals surface area contributed by atoms with Crippen LogP contribution in [-0.4, -0.2) is 30.6 Å². The monoisotopic (exact) mass is 366 g/mol. The van der Waals surface area contributed by atoms with E-state index >= 15 is 0 Å². The zero-order chi connectivity index (χ0) is 18.9. The normalized spacial score (nSPS) is 12.3. The van der Waals surface area contributed by atoms with Gasteiger partial charge in [-0.25, -0.2) is 4.98 Å². The molecular weight excluding hydrogens is 348 g/mol. The maximum atomic E-state index is 4.73. The number of hydrogen-bond acceptors (Lipinski definition) is 4. The molecule has 0 fully saturated rings. The first kappa shape index (κ1) is 16.4. The number of nitrogens with zero attached hydrogens (tertiary/aromatic N) is 4. The molecule has 2 aromatic heterocycles. The molecule has 2 heterocycles. The Bertz CT molecular complexity index is 1190. The number of hydrogen-bond donors (Lipinski definition) is 2. The van der Waals surface area contributed by atoms with Gasteiger partial charge in [0.2, 0.25) is 5.82 Å². The Morgan fingerprint density at radius 2 is 1.64 bits per heavy atom. The van der Waals surface area contributed by atoms with E-state index in [0.29, 0.717) is 5.82 Å². The van der Waals surface area contributed by atoms with Crippen LogP contribution in [0.3, 0.4) is 0 Å². The highest BCUT2D eigenvalue weighted by molar-refractivity contribution is 5.75. The molecular formula is C22H18N6. The Morgan fingerprint density at radius 1 is 0.821 bits per heavy atom. The molecule has 0 spiro atoms. The van der Waals surface area contributed by atoms with Crippen molar-refractivity contribution >= 4 is 11.0 Å². The van der Waals surface area contributed by atoms with Crippen LogP contribution in [0.1, 0.15) is 24.2 Å². The number of aromatic nitrogens is 6. The van der Waals surface area contributed by atoms with Gasteiger partial charge in [-0.15, -0.1) is 10.2 Å². The summed E-state index contributed by atoms with van der Waals surface area (Å²) >= 11 is 0. The number of para-hydroxylation sites is 2. The molecule has 1 unspecified atom stereocenters. The molecule has 1 atom stereocenters. The molecule has 0 aliphatic heterocycles. The standard InChI is InChI=1S/C22H18N6/c1-14(21-23-19-7-2-3-8-20(19)24-21)15-9-11-16(12-10-15)17-5-4-6-18(13-17)22-25-27-28-26-22/h2-14H,1H3,(H,23,24)(H,25,26,27,28). The lowest BCUT2D eigenvalue weighted by Crippen LogP contribution is -1.98. The number of fused-ring (bicyclic) bond motifs is 1. The van der Waals surface area contributed by atoms with Gasteiger partial charge in [-0.05, 0) is 40.1 Å². The molecule has 6 heteroatoms. The van der Waals surface area contributed by atoms with E-state index in [4.69, 9.17) is 4.98 Å². The fourth-order valence-electron chi connectivity index (χ4n) is 3.42. The molecule has 5 aromatic rings. The van der Waals surface area contributed by atoms with Gasteiger partial charge < -0.3 is 4.98 Å². The molecule has 2 N–H and O–H groups in total. The van der Waals surface area contributed by atoms with Crippen LogP contribution in [0, 0.1) is 0 Å². The van der Waals surface area contributed by atoms with Crippen LogP contribution in [0.25, 0.3) is 33.5 Å². The van der Waals surface area contributed by atoms with Gasteiger partial charge in [-0.3, -0.25) is 0 Å². The second-order valence-corrected chi connectivity index (χ2v) is 6.80. The van der Waals surface area contributed by atoms with Crippen molar-refractivity contribution in [2.45, 2.75) is 12.8 Å². The van der Waals surface area contributed by atoms with Crippen molar-refractivity contribution in [1.82, 2.24) is 30.6 Å². The molecule has 136 valence electrons. The minimum absolute atomic E-state index is 0.187. The summed E-state index contributed by atoms with van der Waals surface area (Å²) in [5.74, 6) is 1.76. The van der Waals surface area contributed by atoms with E-state index in [-0.39, 0.29) is 5.92 Å². The number of imidazole rings is 1. The number of tetrazole rings is 1. The van der Waals surface area contributed by atoms with Gasteiger partial charge in [-0.1, -0.05) is 61.5 Å². The van der Waals surface area contributed by atoms with Gasteiger partial charge in [0.1, 0.15) is 5.82 Å². The second kappa shape index (κ2) is 6.74. The molecule has 0 amide bonds. The summed E-state index contributed by atoms with van der Waals surface area (Å²) in [6.07, 6.45) is 0. The third-order valence-corrected chi connectivity index (χ3v) is 5.03. The zero-order valence-electron chi connectivity index (χ0n) is 15.3. The third-order valence-electron chi connectivity index (χ3n) is 5.03. The predicted molar refractivity (Wildman–Crippen MR) is 109 cm³/mol. The summed E-state index contributed by atoms with van der Waals surface area (Å²) in [6, 6.07) is 24.9. The van der Waals surface area contributed by atoms with Crippen molar-refractivity contribution in [1.29, 1.82) is 0 Å². The largest absolute Gasteiger partial charge is 0.341 e. The van der Waals surface area contributed by atoms with Crippen molar-refractivity contribution in [2.24, 2.45) is 0 Å². The highest BCUT2D eigenvalue weighted by atomic mass is 15.5. The molecule has 3 aromatic carbocycles. The van der Waals surface area contributed by atoms with Crippen molar-refractivity contribution in [2.75, 3.05) is 0 Å². The first-order chi connectivity index (χ1) is 13.8. The molecule has 0 aliphatic rings. The molecule has 0 radical (unpaired) electrons. The first-order valence-electron chi connectivity index (χ1n) is 9.17. The summed E-state index contributed by atoms with van der Waals surface area (Å²) in [7, 11) is 0. The summed E-state index contributed by atoms with van der Waals surface area (Å²) in [5.41, 5.74) is 6.48. The van der Waals surface area contributed by atoms with E-state index in [1.807, 2.05) is 30.3 Å². The Hall–Kier alpha value is -3.80. The van der Waals surface area contributed by atoms with E-state index in [0.717, 1.165) is 33.5 Å². The van der Waals surface area contributed by atoms with Gasteiger partial charge in [-0.2, -0.15) is 5.21 Å². The van der Waals surface area contributed by atoms with Crippen LogP contribution in [0.4, 0.5) is 0 Å². The van der Waals surface area contributed by atoms with Gasteiger partial charge in [0, 0.05) is 11.5 Å². The molecule has 0 saturated carbocycles. The Labute approximate surface area is 161 Å². The minimum atomic E-state index is 0.187. The zero-order valence-corrected chi connectivity index (χ0v) is 15.3. The number of H-pyrrole nitrogens is 2. The van der Waals surface area contributed by atoms with Gasteiger partial charge in [0.05, 0.1) is 11.0 Å². The van der Waals surface area contributed by atoms with Crippen molar-refractivity contribution < 1.29 is 0 Å². The fourth-order valence-corrected chi connectivity index (χ4v) is 3.42. The van der Waals surface area contributed by atoms with Gasteiger partial charge >= 0.3 is 0 Å². The minimum Gasteiger partial charge on any atom is -0.341 e. The molecule has 0 bridgehead atoms. The molecule has 6 nitrogen and oxygen atoms in total. The lowest BCUT2D eigenvalue weighted by Gasteiger charge is -2.10. The maximum absolute atomic E-state index is 4.73. The SMILES string of the molecule is CC(c1ccc(-c2cccc(-c3nn[nH]n3)c2)cc1)c1nc2ccccc2[nH]1. The van der Waals surface area contributed by atoms with Crippen LogP contribution < -0.4 is 0 Å². The van der Waals surface area contributed by atoms with Crippen molar-refractivity contribution in [3.8, 4) is 22.5 Å². The summed E-state index contributed by atoms with van der Waals surface area (Å²) < 4.78 is 0. The highest BCUT2D eigenvalue weighted by Crippen LogP contribution is 2.28. The summed E-state index contributed by atoms with van der Waals surface area (Å²) in [5, 5.41) is 14.2. The molecule has 28 heavy (non-hydrogen) atoms. The summed E-state index contributed by atoms with van der Waals surface area (Å²) in [6.45, 7) is 2.17. The number of rotatable bonds is 4. The van der Waals surface area contributed by atoms with E-state index in [9.17, 15) is 0 Å². The van der Waals surface area contributed by atoms with Crippen LogP contribution in [0.15, 0.2) is 72.8 Å². The molecule has 5 rings (SSSR count). The van der Waals surface area contributed by atoms with Crippen molar-refractivity contribution in [3.05, 3.63) is 84.2 Å². The van der Waals surface area contributed by atoms with Crippen LogP contribution in [-0.2, 0) is 0 Å². The third kappa shape index (κ3) is 2.95. The molecule has 0 aliphatic carbocycles. The lowest BCUT2D eigenvalue weighted by molar-refractivity contribution is 0.846. The number of nitrogens with one attached hydrogen (secondary N) is 2. The number of benzene rings is 3. The van der Waals surface area contributed by atoms with Crippen molar-refractivity contribution in [3.63, 3.8) is 0 Å². The Kier molecular flexibility index (Phi) is 3.94. The van der Waals surface area contributed by atoms with E-state index in [2.05, 4.69) is 75.0 Å².